The van der Waals surface area contributed by atoms with Gasteiger partial charge in [-0.25, -0.2) is 17.9 Å². The van der Waals surface area contributed by atoms with Crippen molar-refractivity contribution in [3.05, 3.63) is 28.8 Å². The third kappa shape index (κ3) is 3.73. The van der Waals surface area contributed by atoms with E-state index in [-0.39, 0.29) is 25.0 Å². The third-order valence-corrected chi connectivity index (χ3v) is 7.19. The lowest BCUT2D eigenvalue weighted by Crippen LogP contribution is -2.44. The Balaban J connectivity index is 1.59. The summed E-state index contributed by atoms with van der Waals surface area (Å²) in [4.78, 5) is 26.2. The second-order valence-corrected chi connectivity index (χ2v) is 9.36. The summed E-state index contributed by atoms with van der Waals surface area (Å²) in [6.45, 7) is 5.87. The summed E-state index contributed by atoms with van der Waals surface area (Å²) in [5.74, 6) is -0.168. The van der Waals surface area contributed by atoms with E-state index in [0.29, 0.717) is 35.3 Å². The Labute approximate surface area is 160 Å². The number of rotatable bonds is 6. The van der Waals surface area contributed by atoms with Crippen LogP contribution in [0.3, 0.4) is 0 Å². The van der Waals surface area contributed by atoms with Crippen molar-refractivity contribution >= 4 is 22.0 Å². The summed E-state index contributed by atoms with van der Waals surface area (Å²) in [7, 11) is -3.64. The van der Waals surface area contributed by atoms with Crippen LogP contribution >= 0.6 is 0 Å². The minimum Gasteiger partial charge on any atom is -0.323 e. The normalized spacial score (nSPS) is 19.1. The second kappa shape index (κ2) is 7.24. The first-order chi connectivity index (χ1) is 12.7. The van der Waals surface area contributed by atoms with E-state index in [4.69, 9.17) is 0 Å². The molecule has 0 unspecified atom stereocenters. The molecule has 3 rings (SSSR count). The molecular formula is C19H27N3O4S. The molecule has 7 nitrogen and oxygen atoms in total. The summed E-state index contributed by atoms with van der Waals surface area (Å²) in [6.07, 6.45) is 3.63. The molecule has 8 heteroatoms. The lowest BCUT2D eigenvalue weighted by molar-refractivity contribution is -0.131. The van der Waals surface area contributed by atoms with E-state index in [2.05, 4.69) is 10.0 Å². The van der Waals surface area contributed by atoms with Crippen LogP contribution in [0.1, 0.15) is 48.8 Å². The van der Waals surface area contributed by atoms with Crippen molar-refractivity contribution in [2.75, 3.05) is 13.1 Å². The zero-order valence-electron chi connectivity index (χ0n) is 16.1. The second-order valence-electron chi connectivity index (χ2n) is 7.66. The molecule has 0 atom stereocenters. The molecule has 0 bridgehead atoms. The van der Waals surface area contributed by atoms with E-state index in [9.17, 15) is 18.0 Å². The SMILES string of the molecule is Cc1cc(C)c(S(=O)(=O)NCCCN2C(=O)NC3(CCCC3)C2=O)c(C)c1. The van der Waals surface area contributed by atoms with Crippen molar-refractivity contribution < 1.29 is 18.0 Å². The van der Waals surface area contributed by atoms with Crippen molar-refractivity contribution in [1.82, 2.24) is 14.9 Å². The molecule has 1 aromatic rings. The number of carbonyl (C=O) groups is 2. The molecule has 0 radical (unpaired) electrons. The molecular weight excluding hydrogens is 366 g/mol. The number of carbonyl (C=O) groups excluding carboxylic acids is 2. The van der Waals surface area contributed by atoms with E-state index in [1.807, 2.05) is 19.1 Å². The molecule has 0 aromatic heterocycles. The Morgan fingerprint density at radius 3 is 2.30 bits per heavy atom. The van der Waals surface area contributed by atoms with Crippen LogP contribution in [0.5, 0.6) is 0 Å². The van der Waals surface area contributed by atoms with Gasteiger partial charge in [0.05, 0.1) is 4.90 Å². The number of hydrogen-bond acceptors (Lipinski definition) is 4. The topological polar surface area (TPSA) is 95.6 Å². The Bertz CT molecular complexity index is 850. The number of nitrogens with one attached hydrogen (secondary N) is 2. The van der Waals surface area contributed by atoms with Crippen molar-refractivity contribution in [1.29, 1.82) is 0 Å². The molecule has 27 heavy (non-hydrogen) atoms. The van der Waals surface area contributed by atoms with E-state index in [1.165, 1.54) is 4.90 Å². The summed E-state index contributed by atoms with van der Waals surface area (Å²) in [6, 6.07) is 3.32. The van der Waals surface area contributed by atoms with Gasteiger partial charge in [-0.05, 0) is 51.2 Å². The number of urea groups is 1. The highest BCUT2D eigenvalue weighted by Crippen LogP contribution is 2.35. The van der Waals surface area contributed by atoms with Crippen LogP contribution < -0.4 is 10.0 Å². The number of sulfonamides is 1. The Kier molecular flexibility index (Phi) is 5.31. The van der Waals surface area contributed by atoms with Crippen LogP contribution in [-0.4, -0.2) is 43.9 Å². The fourth-order valence-electron chi connectivity index (χ4n) is 4.30. The molecule has 1 saturated carbocycles. The van der Waals surface area contributed by atoms with Crippen LogP contribution in [0.25, 0.3) is 0 Å². The van der Waals surface area contributed by atoms with E-state index < -0.39 is 15.6 Å². The number of imide groups is 1. The molecule has 1 aliphatic carbocycles. The molecule has 1 aromatic carbocycles. The summed E-state index contributed by atoms with van der Waals surface area (Å²) >= 11 is 0. The predicted octanol–water partition coefficient (Wildman–Crippen LogP) is 2.14. The average Bonchev–Trinajstić information content (AvgIpc) is 3.10. The summed E-state index contributed by atoms with van der Waals surface area (Å²) in [5.41, 5.74) is 1.71. The molecule has 3 amide bonds. The Morgan fingerprint density at radius 1 is 1.11 bits per heavy atom. The lowest BCUT2D eigenvalue weighted by Gasteiger charge is -2.20. The zero-order valence-corrected chi connectivity index (χ0v) is 16.9. The highest BCUT2D eigenvalue weighted by atomic mass is 32.2. The maximum atomic E-state index is 12.6. The summed E-state index contributed by atoms with van der Waals surface area (Å²) < 4.78 is 27.9. The van der Waals surface area contributed by atoms with Gasteiger partial charge in [0.25, 0.3) is 5.91 Å². The van der Waals surface area contributed by atoms with E-state index >= 15 is 0 Å². The first-order valence-electron chi connectivity index (χ1n) is 9.38. The average molecular weight is 394 g/mol. The van der Waals surface area contributed by atoms with Crippen LogP contribution in [0, 0.1) is 20.8 Å². The van der Waals surface area contributed by atoms with Crippen molar-refractivity contribution in [2.24, 2.45) is 0 Å². The van der Waals surface area contributed by atoms with Gasteiger partial charge in [0.1, 0.15) is 5.54 Å². The molecule has 1 aliphatic heterocycles. The third-order valence-electron chi connectivity index (χ3n) is 5.43. The van der Waals surface area contributed by atoms with Gasteiger partial charge < -0.3 is 5.32 Å². The minimum atomic E-state index is -3.64. The van der Waals surface area contributed by atoms with Crippen LogP contribution in [0.4, 0.5) is 4.79 Å². The number of amides is 3. The Morgan fingerprint density at radius 2 is 1.70 bits per heavy atom. The fourth-order valence-corrected chi connectivity index (χ4v) is 5.83. The standard InChI is InChI=1S/C19H27N3O4S/c1-13-11-14(2)16(15(3)12-13)27(25,26)20-9-6-10-22-17(23)19(21-18(22)24)7-4-5-8-19/h11-12,20H,4-10H2,1-3H3,(H,21,24). The van der Waals surface area contributed by atoms with Gasteiger partial charge in [-0.3, -0.25) is 9.69 Å². The van der Waals surface area contributed by atoms with E-state index in [1.54, 1.807) is 13.8 Å². The number of aryl methyl sites for hydroxylation is 3. The quantitative estimate of drug-likeness (QED) is 0.572. The largest absolute Gasteiger partial charge is 0.325 e. The molecule has 148 valence electrons. The van der Waals surface area contributed by atoms with Gasteiger partial charge in [0.15, 0.2) is 0 Å². The molecule has 1 spiro atoms. The first kappa shape index (κ1) is 19.8. The molecule has 2 N–H and O–H groups in total. The van der Waals surface area contributed by atoms with Crippen LogP contribution in [0.15, 0.2) is 17.0 Å². The highest BCUT2D eigenvalue weighted by Gasteiger charge is 2.51. The molecule has 2 fully saturated rings. The zero-order chi connectivity index (χ0) is 19.8. The maximum Gasteiger partial charge on any atom is 0.325 e. The lowest BCUT2D eigenvalue weighted by atomic mass is 9.98. The van der Waals surface area contributed by atoms with E-state index in [0.717, 1.165) is 18.4 Å². The number of benzene rings is 1. The van der Waals surface area contributed by atoms with Gasteiger partial charge in [-0.2, -0.15) is 0 Å². The number of hydrogen-bond donors (Lipinski definition) is 2. The highest BCUT2D eigenvalue weighted by molar-refractivity contribution is 7.89. The van der Waals surface area contributed by atoms with Crippen molar-refractivity contribution in [2.45, 2.75) is 63.3 Å². The molecule has 2 aliphatic rings. The van der Waals surface area contributed by atoms with Crippen LogP contribution in [0.2, 0.25) is 0 Å². The maximum absolute atomic E-state index is 12.6. The summed E-state index contributed by atoms with van der Waals surface area (Å²) in [5, 5.41) is 2.83. The van der Waals surface area contributed by atoms with Gasteiger partial charge in [-0.1, -0.05) is 30.5 Å². The van der Waals surface area contributed by atoms with Crippen LogP contribution in [-0.2, 0) is 14.8 Å². The fraction of sp³-hybridized carbons (Fsp3) is 0.579. The number of nitrogens with zero attached hydrogens (tertiary/aromatic N) is 1. The molecule has 1 heterocycles. The van der Waals surface area contributed by atoms with Gasteiger partial charge in [0, 0.05) is 13.1 Å². The molecule has 1 saturated heterocycles. The smallest absolute Gasteiger partial charge is 0.323 e. The van der Waals surface area contributed by atoms with Crippen molar-refractivity contribution in [3.8, 4) is 0 Å². The van der Waals surface area contributed by atoms with Crippen molar-refractivity contribution in [3.63, 3.8) is 0 Å². The van der Waals surface area contributed by atoms with Gasteiger partial charge in [-0.15, -0.1) is 0 Å². The minimum absolute atomic E-state index is 0.166. The van der Waals surface area contributed by atoms with Gasteiger partial charge >= 0.3 is 6.03 Å². The Hall–Kier alpha value is -1.93. The van der Waals surface area contributed by atoms with Gasteiger partial charge in [0.2, 0.25) is 10.0 Å². The first-order valence-corrected chi connectivity index (χ1v) is 10.9. The monoisotopic (exact) mass is 393 g/mol. The predicted molar refractivity (Wildman–Crippen MR) is 102 cm³/mol.